The smallest absolute Gasteiger partial charge is 0.411 e. The van der Waals surface area contributed by atoms with E-state index in [9.17, 15) is 4.79 Å². The predicted octanol–water partition coefficient (Wildman–Crippen LogP) is 6.94. The van der Waals surface area contributed by atoms with Crippen LogP contribution in [0.1, 0.15) is 112 Å². The Kier molecular flexibility index (Phi) is 5.28. The Hall–Kier alpha value is -0.730. The summed E-state index contributed by atoms with van der Waals surface area (Å²) < 4.78 is 6.07. The lowest BCUT2D eigenvalue weighted by Gasteiger charge is -2.59. The zero-order valence-electron chi connectivity index (χ0n) is 19.1. The van der Waals surface area contributed by atoms with Gasteiger partial charge in [0.25, 0.3) is 0 Å². The fourth-order valence-electron chi connectivity index (χ4n) is 7.97. The second-order valence-corrected chi connectivity index (χ2v) is 12.4. The van der Waals surface area contributed by atoms with Gasteiger partial charge in [-0.3, -0.25) is 4.90 Å². The van der Waals surface area contributed by atoms with Crippen LogP contribution in [0.25, 0.3) is 0 Å². The summed E-state index contributed by atoms with van der Waals surface area (Å²) in [5.74, 6) is 3.20. The summed E-state index contributed by atoms with van der Waals surface area (Å²) in [5.41, 5.74) is -0.523. The number of ether oxygens (including phenoxy) is 1. The molecule has 0 saturated heterocycles. The second-order valence-electron chi connectivity index (χ2n) is 12.4. The van der Waals surface area contributed by atoms with Crippen LogP contribution < -0.4 is 0 Å². The fraction of sp³-hybridized carbons (Fsp3) is 0.960. The van der Waals surface area contributed by atoms with Gasteiger partial charge in [0.2, 0.25) is 0 Å². The first-order valence-electron chi connectivity index (χ1n) is 12.1. The number of carbonyl (C=O) groups is 1. The Morgan fingerprint density at radius 3 is 1.46 bits per heavy atom. The molecule has 0 aromatic rings. The van der Waals surface area contributed by atoms with Crippen LogP contribution in [0.2, 0.25) is 0 Å². The molecule has 4 rings (SSSR count). The molecule has 4 saturated carbocycles. The largest absolute Gasteiger partial charge is 0.444 e. The van der Waals surface area contributed by atoms with Gasteiger partial charge in [-0.15, -0.1) is 0 Å². The number of rotatable bonds is 2. The maximum Gasteiger partial charge on any atom is 0.411 e. The van der Waals surface area contributed by atoms with E-state index in [2.05, 4.69) is 18.7 Å². The third-order valence-corrected chi connectivity index (χ3v) is 8.35. The molecule has 0 heterocycles. The van der Waals surface area contributed by atoms with Crippen molar-refractivity contribution in [3.05, 3.63) is 0 Å². The van der Waals surface area contributed by atoms with Gasteiger partial charge in [0.1, 0.15) is 5.60 Å². The molecule has 4 aliphatic rings. The molecule has 3 heteroatoms. The van der Waals surface area contributed by atoms with Gasteiger partial charge in [0.05, 0.1) is 0 Å². The number of hydrogen-bond acceptors (Lipinski definition) is 2. The first-order chi connectivity index (χ1) is 13.1. The molecule has 0 aromatic heterocycles. The average Bonchev–Trinajstić information content (AvgIpc) is 2.51. The van der Waals surface area contributed by atoms with Crippen LogP contribution >= 0.6 is 0 Å². The van der Waals surface area contributed by atoms with Gasteiger partial charge >= 0.3 is 6.09 Å². The lowest BCUT2D eigenvalue weighted by molar-refractivity contribution is -0.0955. The van der Waals surface area contributed by atoms with Crippen molar-refractivity contribution in [1.82, 2.24) is 4.90 Å². The molecule has 0 N–H and O–H groups in total. The normalized spacial score (nSPS) is 43.3. The van der Waals surface area contributed by atoms with E-state index in [4.69, 9.17) is 4.74 Å². The lowest BCUT2D eigenvalue weighted by atomic mass is 9.60. The zero-order valence-corrected chi connectivity index (χ0v) is 19.1. The summed E-state index contributed by atoms with van der Waals surface area (Å²) in [4.78, 5) is 16.0. The van der Waals surface area contributed by atoms with Crippen LogP contribution in [0.5, 0.6) is 0 Å². The van der Waals surface area contributed by atoms with Gasteiger partial charge in [0.15, 0.2) is 0 Å². The van der Waals surface area contributed by atoms with E-state index in [-0.39, 0.29) is 17.2 Å². The van der Waals surface area contributed by atoms with Crippen LogP contribution in [-0.4, -0.2) is 27.7 Å². The molecule has 0 spiro atoms. The van der Waals surface area contributed by atoms with Gasteiger partial charge in [0, 0.05) is 11.1 Å². The molecule has 28 heavy (non-hydrogen) atoms. The number of hydrogen-bond donors (Lipinski definition) is 0. The summed E-state index contributed by atoms with van der Waals surface area (Å²) in [5, 5.41) is 0. The van der Waals surface area contributed by atoms with Crippen molar-refractivity contribution < 1.29 is 9.53 Å². The Balaban J connectivity index is 1.66. The molecule has 4 atom stereocenters. The number of amides is 1. The van der Waals surface area contributed by atoms with Gasteiger partial charge in [-0.25, -0.2) is 4.79 Å². The van der Waals surface area contributed by atoms with Crippen LogP contribution in [-0.2, 0) is 4.74 Å². The fourth-order valence-corrected chi connectivity index (χ4v) is 7.97. The van der Waals surface area contributed by atoms with E-state index in [0.717, 1.165) is 23.7 Å². The molecule has 0 radical (unpaired) electrons. The highest BCUT2D eigenvalue weighted by atomic mass is 16.6. The topological polar surface area (TPSA) is 29.5 Å². The Bertz CT molecular complexity index is 530. The van der Waals surface area contributed by atoms with Gasteiger partial charge in [-0.05, 0) is 96.8 Å². The first-order valence-corrected chi connectivity index (χ1v) is 12.1. The van der Waals surface area contributed by atoms with E-state index >= 15 is 0 Å². The van der Waals surface area contributed by atoms with Crippen LogP contribution in [0, 0.1) is 23.7 Å². The molecular weight excluding hydrogens is 346 g/mol. The molecule has 4 bridgehead atoms. The minimum atomic E-state index is -0.433. The van der Waals surface area contributed by atoms with Crippen molar-refractivity contribution in [2.75, 3.05) is 0 Å². The van der Waals surface area contributed by atoms with Crippen LogP contribution in [0.15, 0.2) is 0 Å². The molecular formula is C25H43NO2. The number of fused-ring (bicyclic) bond motifs is 4. The third kappa shape index (κ3) is 4.10. The quantitative estimate of drug-likeness (QED) is 0.512. The minimum Gasteiger partial charge on any atom is -0.444 e. The number of carbonyl (C=O) groups excluding carboxylic acids is 1. The van der Waals surface area contributed by atoms with Crippen LogP contribution in [0.4, 0.5) is 4.79 Å². The molecule has 3 nitrogen and oxygen atoms in total. The summed E-state index contributed by atoms with van der Waals surface area (Å²) in [6.45, 7) is 10.8. The highest BCUT2D eigenvalue weighted by Crippen LogP contribution is 2.53. The van der Waals surface area contributed by atoms with Crippen molar-refractivity contribution in [2.24, 2.45) is 23.7 Å². The van der Waals surface area contributed by atoms with Crippen molar-refractivity contribution in [2.45, 2.75) is 128 Å². The SMILES string of the molecule is CC(C)(C)OC(=O)N(C1(C)CC2CCCC(C2)C1)C1(C)CC2CCCC(C2)C1. The van der Waals surface area contributed by atoms with Crippen molar-refractivity contribution in [3.63, 3.8) is 0 Å². The maximum atomic E-state index is 13.7. The van der Waals surface area contributed by atoms with Crippen molar-refractivity contribution >= 4 is 6.09 Å². The Morgan fingerprint density at radius 1 is 0.786 bits per heavy atom. The summed E-state index contributed by atoms with van der Waals surface area (Å²) in [7, 11) is 0. The van der Waals surface area contributed by atoms with Crippen molar-refractivity contribution in [1.29, 1.82) is 0 Å². The zero-order chi connectivity index (χ0) is 20.2. The molecule has 1 amide bonds. The number of nitrogens with zero attached hydrogens (tertiary/aromatic N) is 1. The highest BCUT2D eigenvalue weighted by molar-refractivity contribution is 5.70. The summed E-state index contributed by atoms with van der Waals surface area (Å²) in [6, 6.07) is 0. The first kappa shape index (κ1) is 20.5. The lowest BCUT2D eigenvalue weighted by Crippen LogP contribution is -2.65. The van der Waals surface area contributed by atoms with E-state index < -0.39 is 5.60 Å². The summed E-state index contributed by atoms with van der Waals surface area (Å²) in [6.07, 6.45) is 15.6. The molecule has 160 valence electrons. The predicted molar refractivity (Wildman–Crippen MR) is 114 cm³/mol. The molecule has 0 aliphatic heterocycles. The maximum absolute atomic E-state index is 13.7. The van der Waals surface area contributed by atoms with Crippen molar-refractivity contribution in [3.8, 4) is 0 Å². The van der Waals surface area contributed by atoms with Gasteiger partial charge in [-0.1, -0.05) is 38.5 Å². The monoisotopic (exact) mass is 389 g/mol. The molecule has 0 aromatic carbocycles. The van der Waals surface area contributed by atoms with Gasteiger partial charge in [-0.2, -0.15) is 0 Å². The van der Waals surface area contributed by atoms with E-state index in [1.807, 2.05) is 20.8 Å². The van der Waals surface area contributed by atoms with E-state index in [0.29, 0.717) is 0 Å². The van der Waals surface area contributed by atoms with Crippen LogP contribution in [0.3, 0.4) is 0 Å². The minimum absolute atomic E-state index is 0.0440. The van der Waals surface area contributed by atoms with E-state index in [1.54, 1.807) is 0 Å². The van der Waals surface area contributed by atoms with Gasteiger partial charge < -0.3 is 4.74 Å². The third-order valence-electron chi connectivity index (χ3n) is 8.35. The molecule has 4 unspecified atom stereocenters. The van der Waals surface area contributed by atoms with E-state index in [1.165, 1.54) is 77.0 Å². The Morgan fingerprint density at radius 2 is 1.14 bits per heavy atom. The molecule has 4 aliphatic carbocycles. The average molecular weight is 390 g/mol. The summed E-state index contributed by atoms with van der Waals surface area (Å²) >= 11 is 0. The Labute approximate surface area is 173 Å². The molecule has 4 fully saturated rings. The standard InChI is InChI=1S/C25H43NO2/c1-23(2,3)28-22(27)26(24(4)14-18-8-6-9-19(12-18)15-24)25(5)16-20-10-7-11-21(13-20)17-25/h18-21H,6-17H2,1-5H3. The highest BCUT2D eigenvalue weighted by Gasteiger charge is 2.54. The second kappa shape index (κ2) is 7.20.